The zero-order chi connectivity index (χ0) is 13.2. The number of sulfonamides is 1. The van der Waals surface area contributed by atoms with Crippen molar-refractivity contribution in [2.45, 2.75) is 17.9 Å². The molecular formula is C10H16N4O2S2. The molecule has 0 spiro atoms. The van der Waals surface area contributed by atoms with E-state index in [0.29, 0.717) is 12.5 Å². The van der Waals surface area contributed by atoms with E-state index in [9.17, 15) is 8.42 Å². The van der Waals surface area contributed by atoms with Crippen LogP contribution in [-0.4, -0.2) is 53.8 Å². The third-order valence-electron chi connectivity index (χ3n) is 2.77. The third kappa shape index (κ3) is 2.60. The second kappa shape index (κ2) is 5.41. The molecule has 2 heterocycles. The van der Waals surface area contributed by atoms with Crippen molar-refractivity contribution in [2.75, 3.05) is 30.4 Å². The summed E-state index contributed by atoms with van der Waals surface area (Å²) in [5.74, 6) is 2.07. The number of thioether (sulfide) groups is 1. The fourth-order valence-electron chi connectivity index (χ4n) is 1.78. The van der Waals surface area contributed by atoms with Gasteiger partial charge in [-0.05, 0) is 6.92 Å². The Morgan fingerprint density at radius 2 is 2.11 bits per heavy atom. The van der Waals surface area contributed by atoms with Crippen LogP contribution in [0.25, 0.3) is 0 Å². The minimum atomic E-state index is -3.47. The highest BCUT2D eigenvalue weighted by molar-refractivity contribution is 7.99. The summed E-state index contributed by atoms with van der Waals surface area (Å²) in [6.45, 7) is 2.47. The SMILES string of the molecule is CNc1ncc(S(=O)(=O)N2CCSCC2C)cn1. The van der Waals surface area contributed by atoms with Gasteiger partial charge in [0.15, 0.2) is 0 Å². The normalized spacial score (nSPS) is 21.8. The van der Waals surface area contributed by atoms with Gasteiger partial charge < -0.3 is 5.32 Å². The van der Waals surface area contributed by atoms with Crippen molar-refractivity contribution in [1.29, 1.82) is 0 Å². The summed E-state index contributed by atoms with van der Waals surface area (Å²) >= 11 is 1.78. The Morgan fingerprint density at radius 1 is 1.44 bits per heavy atom. The summed E-state index contributed by atoms with van der Waals surface area (Å²) < 4.78 is 26.4. The minimum absolute atomic E-state index is 0.0118. The first-order valence-corrected chi connectivity index (χ1v) is 8.24. The van der Waals surface area contributed by atoms with Gasteiger partial charge in [-0.2, -0.15) is 16.1 Å². The van der Waals surface area contributed by atoms with Crippen molar-refractivity contribution in [3.8, 4) is 0 Å². The van der Waals surface area contributed by atoms with Crippen molar-refractivity contribution in [2.24, 2.45) is 0 Å². The quantitative estimate of drug-likeness (QED) is 0.880. The molecule has 1 aliphatic rings. The van der Waals surface area contributed by atoms with Crippen LogP contribution in [0.4, 0.5) is 5.95 Å². The van der Waals surface area contributed by atoms with E-state index in [1.165, 1.54) is 16.7 Å². The van der Waals surface area contributed by atoms with Crippen LogP contribution in [0.2, 0.25) is 0 Å². The lowest BCUT2D eigenvalue weighted by atomic mass is 10.4. The maximum absolute atomic E-state index is 12.4. The summed E-state index contributed by atoms with van der Waals surface area (Å²) in [6.07, 6.45) is 2.70. The van der Waals surface area contributed by atoms with Gasteiger partial charge >= 0.3 is 0 Å². The maximum Gasteiger partial charge on any atom is 0.246 e. The Morgan fingerprint density at radius 3 is 2.67 bits per heavy atom. The van der Waals surface area contributed by atoms with Crippen molar-refractivity contribution in [1.82, 2.24) is 14.3 Å². The Hall–Kier alpha value is -0.860. The average Bonchev–Trinajstić information content (AvgIpc) is 2.39. The summed E-state index contributed by atoms with van der Waals surface area (Å²) in [5, 5.41) is 2.76. The highest BCUT2D eigenvalue weighted by Crippen LogP contribution is 2.23. The summed E-state index contributed by atoms with van der Waals surface area (Å²) in [7, 11) is -1.78. The number of hydrogen-bond acceptors (Lipinski definition) is 6. The Bertz CT molecular complexity index is 503. The molecule has 0 radical (unpaired) electrons. The zero-order valence-electron chi connectivity index (χ0n) is 10.3. The molecule has 8 heteroatoms. The van der Waals surface area contributed by atoms with Gasteiger partial charge in [0.1, 0.15) is 4.90 Å². The fraction of sp³-hybridized carbons (Fsp3) is 0.600. The van der Waals surface area contributed by atoms with E-state index in [1.54, 1.807) is 18.8 Å². The van der Waals surface area contributed by atoms with Crippen LogP contribution in [0.5, 0.6) is 0 Å². The number of nitrogens with zero attached hydrogens (tertiary/aromatic N) is 3. The first-order valence-electron chi connectivity index (χ1n) is 5.65. The second-order valence-corrected chi connectivity index (χ2v) is 7.07. The first-order chi connectivity index (χ1) is 8.55. The lowest BCUT2D eigenvalue weighted by molar-refractivity contribution is 0.367. The maximum atomic E-state index is 12.4. The van der Waals surface area contributed by atoms with Crippen LogP contribution in [0.1, 0.15) is 6.92 Å². The van der Waals surface area contributed by atoms with E-state index in [2.05, 4.69) is 15.3 Å². The van der Waals surface area contributed by atoms with Gasteiger partial charge in [-0.15, -0.1) is 0 Å². The van der Waals surface area contributed by atoms with Crippen LogP contribution in [0, 0.1) is 0 Å². The van der Waals surface area contributed by atoms with E-state index in [4.69, 9.17) is 0 Å². The standard InChI is InChI=1S/C10H16N4O2S2/c1-8-7-17-4-3-14(8)18(15,16)9-5-12-10(11-2)13-6-9/h5-6,8H,3-4,7H2,1-2H3,(H,11,12,13). The molecule has 0 aromatic carbocycles. The molecule has 100 valence electrons. The van der Waals surface area contributed by atoms with E-state index in [-0.39, 0.29) is 10.9 Å². The molecule has 18 heavy (non-hydrogen) atoms. The summed E-state index contributed by atoms with van der Waals surface area (Å²) in [5.41, 5.74) is 0. The minimum Gasteiger partial charge on any atom is -0.357 e. The van der Waals surface area contributed by atoms with Gasteiger partial charge in [-0.3, -0.25) is 0 Å². The van der Waals surface area contributed by atoms with Crippen molar-refractivity contribution >= 4 is 27.7 Å². The number of anilines is 1. The fourth-order valence-corrected chi connectivity index (χ4v) is 4.53. The van der Waals surface area contributed by atoms with E-state index < -0.39 is 10.0 Å². The molecule has 0 amide bonds. The van der Waals surface area contributed by atoms with Crippen LogP contribution in [0.15, 0.2) is 17.3 Å². The molecule has 1 atom stereocenters. The van der Waals surface area contributed by atoms with Crippen molar-refractivity contribution in [3.05, 3.63) is 12.4 Å². The average molecular weight is 288 g/mol. The van der Waals surface area contributed by atoms with Gasteiger partial charge in [-0.1, -0.05) is 0 Å². The Kier molecular flexibility index (Phi) is 4.08. The van der Waals surface area contributed by atoms with Gasteiger partial charge in [0.25, 0.3) is 0 Å². The number of aromatic nitrogens is 2. The van der Waals surface area contributed by atoms with Gasteiger partial charge in [0.2, 0.25) is 16.0 Å². The molecule has 1 unspecified atom stereocenters. The van der Waals surface area contributed by atoms with Crippen molar-refractivity contribution < 1.29 is 8.42 Å². The highest BCUT2D eigenvalue weighted by atomic mass is 32.2. The molecule has 1 N–H and O–H groups in total. The molecule has 0 bridgehead atoms. The van der Waals surface area contributed by atoms with Crippen molar-refractivity contribution in [3.63, 3.8) is 0 Å². The summed E-state index contributed by atoms with van der Waals surface area (Å²) in [6, 6.07) is 0.0118. The Labute approximate surface area is 111 Å². The number of nitrogens with one attached hydrogen (secondary N) is 1. The molecule has 0 aliphatic carbocycles. The second-order valence-electron chi connectivity index (χ2n) is 4.03. The van der Waals surface area contributed by atoms with Crippen LogP contribution in [-0.2, 0) is 10.0 Å². The first kappa shape index (κ1) is 13.6. The molecule has 1 aromatic rings. The van der Waals surface area contributed by atoms with Gasteiger partial charge in [-0.25, -0.2) is 18.4 Å². The molecule has 1 aliphatic heterocycles. The van der Waals surface area contributed by atoms with Crippen LogP contribution in [0.3, 0.4) is 0 Å². The summed E-state index contributed by atoms with van der Waals surface area (Å²) in [4.78, 5) is 8.05. The zero-order valence-corrected chi connectivity index (χ0v) is 12.0. The number of rotatable bonds is 3. The lowest BCUT2D eigenvalue weighted by Gasteiger charge is -2.31. The predicted molar refractivity (Wildman–Crippen MR) is 72.3 cm³/mol. The molecule has 0 saturated carbocycles. The molecule has 2 rings (SSSR count). The highest BCUT2D eigenvalue weighted by Gasteiger charge is 2.31. The number of hydrogen-bond donors (Lipinski definition) is 1. The van der Waals surface area contributed by atoms with E-state index >= 15 is 0 Å². The molecular weight excluding hydrogens is 272 g/mol. The lowest BCUT2D eigenvalue weighted by Crippen LogP contribution is -2.44. The molecule has 1 aromatic heterocycles. The topological polar surface area (TPSA) is 75.2 Å². The molecule has 1 saturated heterocycles. The third-order valence-corrected chi connectivity index (χ3v) is 5.92. The van der Waals surface area contributed by atoms with Gasteiger partial charge in [0.05, 0.1) is 12.4 Å². The predicted octanol–water partition coefficient (Wildman–Crippen LogP) is 0.644. The smallest absolute Gasteiger partial charge is 0.246 e. The van der Waals surface area contributed by atoms with Crippen LogP contribution >= 0.6 is 11.8 Å². The van der Waals surface area contributed by atoms with Crippen LogP contribution < -0.4 is 5.32 Å². The largest absolute Gasteiger partial charge is 0.357 e. The molecule has 1 fully saturated rings. The monoisotopic (exact) mass is 288 g/mol. The molecule has 6 nitrogen and oxygen atoms in total. The van der Waals surface area contributed by atoms with E-state index in [0.717, 1.165) is 11.5 Å². The van der Waals surface area contributed by atoms with Gasteiger partial charge in [0, 0.05) is 31.1 Å². The van der Waals surface area contributed by atoms with E-state index in [1.807, 2.05) is 6.92 Å². The Balaban J connectivity index is 2.28.